The molecule has 1 aromatic heterocycles. The molecule has 1 heterocycles. The molecule has 27 heavy (non-hydrogen) atoms. The summed E-state index contributed by atoms with van der Waals surface area (Å²) < 4.78 is 19.4. The standard InChI is InChI=1S/C19H19FN4O2S/c1-3-26-16-11-7-6-10-15(16)21-18(25)12(2)27-19-22-17(23-24-19)13-8-4-5-9-14(13)20/h4-12H,3H2,1-2H3,(H,21,25)(H,22,23,24)/t12-/m1/s1. The Morgan fingerprint density at radius 2 is 2.00 bits per heavy atom. The second kappa shape index (κ2) is 8.68. The summed E-state index contributed by atoms with van der Waals surface area (Å²) in [5.41, 5.74) is 0.943. The van der Waals surface area contributed by atoms with Gasteiger partial charge >= 0.3 is 0 Å². The van der Waals surface area contributed by atoms with Crippen LogP contribution in [0.5, 0.6) is 5.75 Å². The molecule has 6 nitrogen and oxygen atoms in total. The van der Waals surface area contributed by atoms with Crippen molar-refractivity contribution in [3.8, 4) is 17.1 Å². The van der Waals surface area contributed by atoms with Crippen molar-refractivity contribution in [2.45, 2.75) is 24.3 Å². The molecular formula is C19H19FN4O2S. The fourth-order valence-electron chi connectivity index (χ4n) is 2.37. The van der Waals surface area contributed by atoms with Crippen molar-refractivity contribution in [1.82, 2.24) is 15.2 Å². The van der Waals surface area contributed by atoms with Crippen LogP contribution in [0.25, 0.3) is 11.4 Å². The Labute approximate surface area is 160 Å². The number of aromatic amines is 1. The van der Waals surface area contributed by atoms with Gasteiger partial charge in [-0.3, -0.25) is 9.89 Å². The highest BCUT2D eigenvalue weighted by Gasteiger charge is 2.19. The van der Waals surface area contributed by atoms with E-state index in [9.17, 15) is 9.18 Å². The van der Waals surface area contributed by atoms with Crippen molar-refractivity contribution in [3.63, 3.8) is 0 Å². The van der Waals surface area contributed by atoms with Gasteiger partial charge in [0, 0.05) is 0 Å². The molecule has 0 aliphatic heterocycles. The van der Waals surface area contributed by atoms with E-state index in [2.05, 4.69) is 20.5 Å². The van der Waals surface area contributed by atoms with Crippen LogP contribution in [-0.4, -0.2) is 32.9 Å². The number of thioether (sulfide) groups is 1. The third-order valence-electron chi connectivity index (χ3n) is 3.69. The zero-order valence-electron chi connectivity index (χ0n) is 14.9. The van der Waals surface area contributed by atoms with Crippen molar-refractivity contribution in [1.29, 1.82) is 0 Å². The predicted molar refractivity (Wildman–Crippen MR) is 103 cm³/mol. The van der Waals surface area contributed by atoms with Crippen molar-refractivity contribution in [2.24, 2.45) is 0 Å². The van der Waals surface area contributed by atoms with E-state index >= 15 is 0 Å². The summed E-state index contributed by atoms with van der Waals surface area (Å²) in [5.74, 6) is 0.350. The van der Waals surface area contributed by atoms with Gasteiger partial charge in [0.1, 0.15) is 11.6 Å². The van der Waals surface area contributed by atoms with E-state index in [1.165, 1.54) is 17.8 Å². The molecule has 0 unspecified atom stereocenters. The fraction of sp³-hybridized carbons (Fsp3) is 0.211. The van der Waals surface area contributed by atoms with Crippen LogP contribution in [0.1, 0.15) is 13.8 Å². The van der Waals surface area contributed by atoms with Crippen molar-refractivity contribution in [2.75, 3.05) is 11.9 Å². The van der Waals surface area contributed by atoms with E-state index in [0.717, 1.165) is 0 Å². The minimum absolute atomic E-state index is 0.204. The quantitative estimate of drug-likeness (QED) is 0.597. The van der Waals surface area contributed by atoms with Crippen LogP contribution in [0.3, 0.4) is 0 Å². The van der Waals surface area contributed by atoms with Gasteiger partial charge in [-0.1, -0.05) is 36.0 Å². The number of anilines is 1. The number of para-hydroxylation sites is 2. The molecule has 0 aliphatic carbocycles. The van der Waals surface area contributed by atoms with E-state index in [1.54, 1.807) is 37.3 Å². The Kier molecular flexibility index (Phi) is 6.08. The maximum atomic E-state index is 13.8. The molecule has 2 N–H and O–H groups in total. The van der Waals surface area contributed by atoms with Crippen LogP contribution >= 0.6 is 11.8 Å². The Balaban J connectivity index is 1.66. The van der Waals surface area contributed by atoms with Crippen LogP contribution in [0.15, 0.2) is 53.7 Å². The van der Waals surface area contributed by atoms with Gasteiger partial charge in [-0.05, 0) is 38.1 Å². The third kappa shape index (κ3) is 4.65. The number of rotatable bonds is 7. The number of amides is 1. The summed E-state index contributed by atoms with van der Waals surface area (Å²) in [6.45, 7) is 4.14. The molecule has 0 spiro atoms. The van der Waals surface area contributed by atoms with Gasteiger partial charge < -0.3 is 10.1 Å². The summed E-state index contributed by atoms with van der Waals surface area (Å²) >= 11 is 1.18. The zero-order valence-corrected chi connectivity index (χ0v) is 15.7. The molecular weight excluding hydrogens is 367 g/mol. The Hall–Kier alpha value is -2.87. The van der Waals surface area contributed by atoms with Gasteiger partial charge in [-0.25, -0.2) is 9.37 Å². The molecule has 0 saturated heterocycles. The number of H-pyrrole nitrogens is 1. The molecule has 1 amide bonds. The van der Waals surface area contributed by atoms with Crippen LogP contribution in [0.2, 0.25) is 0 Å². The lowest BCUT2D eigenvalue weighted by atomic mass is 10.2. The maximum absolute atomic E-state index is 13.8. The van der Waals surface area contributed by atoms with Gasteiger partial charge in [0.25, 0.3) is 0 Å². The first kappa shape index (κ1) is 18.9. The molecule has 0 saturated carbocycles. The zero-order chi connectivity index (χ0) is 19.2. The topological polar surface area (TPSA) is 79.9 Å². The van der Waals surface area contributed by atoms with Gasteiger partial charge in [0.15, 0.2) is 5.82 Å². The van der Waals surface area contributed by atoms with Gasteiger partial charge in [-0.2, -0.15) is 0 Å². The largest absolute Gasteiger partial charge is 0.492 e. The average Bonchev–Trinajstić information content (AvgIpc) is 3.12. The summed E-state index contributed by atoms with van der Waals surface area (Å²) in [6.07, 6.45) is 0. The second-order valence-corrected chi connectivity index (χ2v) is 6.93. The number of nitrogens with one attached hydrogen (secondary N) is 2. The average molecular weight is 386 g/mol. The number of benzene rings is 2. The molecule has 2 aromatic carbocycles. The molecule has 8 heteroatoms. The lowest BCUT2D eigenvalue weighted by Crippen LogP contribution is -2.22. The maximum Gasteiger partial charge on any atom is 0.237 e. The van der Waals surface area contributed by atoms with Crippen LogP contribution in [-0.2, 0) is 4.79 Å². The number of halogens is 1. The molecule has 0 aliphatic rings. The van der Waals surface area contributed by atoms with Gasteiger partial charge in [0.2, 0.25) is 11.1 Å². The third-order valence-corrected chi connectivity index (χ3v) is 4.65. The minimum atomic E-state index is -0.455. The first-order valence-electron chi connectivity index (χ1n) is 8.45. The van der Waals surface area contributed by atoms with Crippen LogP contribution in [0, 0.1) is 5.82 Å². The van der Waals surface area contributed by atoms with Crippen LogP contribution < -0.4 is 10.1 Å². The highest BCUT2D eigenvalue weighted by molar-refractivity contribution is 8.00. The number of ether oxygens (including phenoxy) is 1. The molecule has 0 fully saturated rings. The summed E-state index contributed by atoms with van der Waals surface area (Å²) in [6, 6.07) is 13.6. The fourth-order valence-corrected chi connectivity index (χ4v) is 3.09. The lowest BCUT2D eigenvalue weighted by molar-refractivity contribution is -0.115. The van der Waals surface area contributed by atoms with Gasteiger partial charge in [-0.15, -0.1) is 5.10 Å². The Morgan fingerprint density at radius 3 is 2.78 bits per heavy atom. The smallest absolute Gasteiger partial charge is 0.237 e. The molecule has 0 bridgehead atoms. The summed E-state index contributed by atoms with van der Waals surface area (Å²) in [4.78, 5) is 16.8. The number of nitrogens with zero attached hydrogens (tertiary/aromatic N) is 2. The number of carbonyl (C=O) groups is 1. The predicted octanol–water partition coefficient (Wildman–Crippen LogP) is 4.13. The molecule has 140 valence electrons. The first-order valence-corrected chi connectivity index (χ1v) is 9.33. The molecule has 3 rings (SSSR count). The molecule has 3 aromatic rings. The Bertz CT molecular complexity index is 931. The van der Waals surface area contributed by atoms with E-state index in [1.807, 2.05) is 19.1 Å². The highest BCUT2D eigenvalue weighted by Crippen LogP contribution is 2.27. The van der Waals surface area contributed by atoms with Crippen molar-refractivity contribution < 1.29 is 13.9 Å². The highest BCUT2D eigenvalue weighted by atomic mass is 32.2. The van der Waals surface area contributed by atoms with Gasteiger partial charge in [0.05, 0.1) is 23.1 Å². The first-order chi connectivity index (χ1) is 13.1. The second-order valence-electron chi connectivity index (χ2n) is 5.62. The molecule has 1 atom stereocenters. The molecule has 0 radical (unpaired) electrons. The van der Waals surface area contributed by atoms with E-state index in [0.29, 0.717) is 34.6 Å². The minimum Gasteiger partial charge on any atom is -0.492 e. The number of hydrogen-bond donors (Lipinski definition) is 2. The lowest BCUT2D eigenvalue weighted by Gasteiger charge is -2.13. The summed E-state index contributed by atoms with van der Waals surface area (Å²) in [7, 11) is 0. The van der Waals surface area contributed by atoms with Crippen molar-refractivity contribution in [3.05, 3.63) is 54.3 Å². The number of hydrogen-bond acceptors (Lipinski definition) is 5. The number of aromatic nitrogens is 3. The summed E-state index contributed by atoms with van der Waals surface area (Å²) in [5, 5.41) is 9.54. The SMILES string of the molecule is CCOc1ccccc1NC(=O)[C@@H](C)Sc1n[nH]c(-c2ccccc2F)n1. The van der Waals surface area contributed by atoms with Crippen molar-refractivity contribution >= 4 is 23.4 Å². The van der Waals surface area contributed by atoms with E-state index < -0.39 is 5.25 Å². The monoisotopic (exact) mass is 386 g/mol. The Morgan fingerprint density at radius 1 is 1.26 bits per heavy atom. The van der Waals surface area contributed by atoms with E-state index in [4.69, 9.17) is 4.74 Å². The number of carbonyl (C=O) groups excluding carboxylic acids is 1. The van der Waals surface area contributed by atoms with Crippen LogP contribution in [0.4, 0.5) is 10.1 Å². The van der Waals surface area contributed by atoms with E-state index in [-0.39, 0.29) is 11.7 Å². The normalized spacial score (nSPS) is 11.8.